The zero-order valence-electron chi connectivity index (χ0n) is 6.08. The minimum absolute atomic E-state index is 0.223. The summed E-state index contributed by atoms with van der Waals surface area (Å²) in [6.07, 6.45) is 1.34. The number of nitrogens with one attached hydrogen (secondary N) is 1. The van der Waals surface area contributed by atoms with Gasteiger partial charge in [-0.1, -0.05) is 0 Å². The van der Waals surface area contributed by atoms with Crippen LogP contribution in [0.15, 0.2) is 0 Å². The van der Waals surface area contributed by atoms with Crippen LogP contribution >= 0.6 is 0 Å². The lowest BCUT2D eigenvalue weighted by Gasteiger charge is -2.25. The van der Waals surface area contributed by atoms with Gasteiger partial charge in [0, 0.05) is 6.04 Å². The van der Waals surface area contributed by atoms with E-state index >= 15 is 0 Å². The molecule has 11 heavy (non-hydrogen) atoms. The fourth-order valence-electron chi connectivity index (χ4n) is 2.13. The SMILES string of the molecule is O=C(O)[C@]12CC[C@H](C[C@@H]1O)N2. The monoisotopic (exact) mass is 157 g/mol. The lowest BCUT2D eigenvalue weighted by atomic mass is 9.85. The molecule has 3 N–H and O–H groups in total. The second kappa shape index (κ2) is 1.95. The van der Waals surface area contributed by atoms with E-state index in [0.29, 0.717) is 12.8 Å². The molecule has 62 valence electrons. The van der Waals surface area contributed by atoms with Gasteiger partial charge in [0.15, 0.2) is 0 Å². The Morgan fingerprint density at radius 3 is 2.64 bits per heavy atom. The summed E-state index contributed by atoms with van der Waals surface area (Å²) in [5, 5.41) is 21.2. The van der Waals surface area contributed by atoms with Crippen LogP contribution in [0.5, 0.6) is 0 Å². The van der Waals surface area contributed by atoms with Crippen molar-refractivity contribution in [1.29, 1.82) is 0 Å². The Bertz CT molecular complexity index is 206. The molecule has 2 rings (SSSR count). The maximum absolute atomic E-state index is 10.8. The van der Waals surface area contributed by atoms with Crippen molar-refractivity contribution in [2.45, 2.75) is 36.9 Å². The first kappa shape index (κ1) is 7.06. The number of aliphatic hydroxyl groups excluding tert-OH is 1. The van der Waals surface area contributed by atoms with Gasteiger partial charge in [0.1, 0.15) is 5.54 Å². The fourth-order valence-corrected chi connectivity index (χ4v) is 2.13. The molecule has 2 heterocycles. The standard InChI is InChI=1S/C7H11NO3/c9-5-3-4-1-2-7(5,8-4)6(10)11/h4-5,8-9H,1-3H2,(H,10,11)/t4-,5+,7+/m1/s1. The van der Waals surface area contributed by atoms with Crippen molar-refractivity contribution in [2.24, 2.45) is 0 Å². The van der Waals surface area contributed by atoms with Gasteiger partial charge in [-0.2, -0.15) is 0 Å². The van der Waals surface area contributed by atoms with Crippen LogP contribution < -0.4 is 5.32 Å². The lowest BCUT2D eigenvalue weighted by molar-refractivity contribution is -0.148. The highest BCUT2D eigenvalue weighted by atomic mass is 16.4. The van der Waals surface area contributed by atoms with Gasteiger partial charge in [0.2, 0.25) is 0 Å². The number of fused-ring (bicyclic) bond motifs is 2. The average molecular weight is 157 g/mol. The van der Waals surface area contributed by atoms with Gasteiger partial charge in [0.25, 0.3) is 0 Å². The summed E-state index contributed by atoms with van der Waals surface area (Å²) in [5.41, 5.74) is -1.01. The van der Waals surface area contributed by atoms with Crippen molar-refractivity contribution >= 4 is 5.97 Å². The lowest BCUT2D eigenvalue weighted by Crippen LogP contribution is -2.52. The maximum atomic E-state index is 10.8. The van der Waals surface area contributed by atoms with Gasteiger partial charge in [-0.3, -0.25) is 10.1 Å². The smallest absolute Gasteiger partial charge is 0.326 e. The summed E-state index contributed by atoms with van der Waals surface area (Å²) >= 11 is 0. The summed E-state index contributed by atoms with van der Waals surface area (Å²) in [7, 11) is 0. The zero-order chi connectivity index (χ0) is 8.06. The Balaban J connectivity index is 2.29. The molecule has 0 radical (unpaired) electrons. The first-order valence-corrected chi connectivity index (χ1v) is 3.84. The van der Waals surface area contributed by atoms with Crippen LogP contribution in [0.4, 0.5) is 0 Å². The fraction of sp³-hybridized carbons (Fsp3) is 0.857. The third-order valence-corrected chi connectivity index (χ3v) is 2.81. The van der Waals surface area contributed by atoms with Crippen LogP contribution in [0.2, 0.25) is 0 Å². The minimum atomic E-state index is -1.01. The van der Waals surface area contributed by atoms with Crippen LogP contribution in [-0.2, 0) is 4.79 Å². The normalized spacial score (nSPS) is 48.1. The Hall–Kier alpha value is -0.610. The van der Waals surface area contributed by atoms with Crippen LogP contribution in [0.3, 0.4) is 0 Å². The molecule has 2 fully saturated rings. The predicted octanol–water partition coefficient (Wildman–Crippen LogP) is -0.674. The Labute approximate surface area is 64.2 Å². The van der Waals surface area contributed by atoms with E-state index in [4.69, 9.17) is 5.11 Å². The molecule has 0 spiro atoms. The molecular weight excluding hydrogens is 146 g/mol. The molecule has 0 unspecified atom stereocenters. The molecule has 2 saturated heterocycles. The van der Waals surface area contributed by atoms with Crippen LogP contribution in [0, 0.1) is 0 Å². The maximum Gasteiger partial charge on any atom is 0.326 e. The van der Waals surface area contributed by atoms with Gasteiger partial charge < -0.3 is 10.2 Å². The largest absolute Gasteiger partial charge is 0.480 e. The van der Waals surface area contributed by atoms with Gasteiger partial charge in [-0.25, -0.2) is 0 Å². The molecule has 2 aliphatic rings. The van der Waals surface area contributed by atoms with E-state index in [1.807, 2.05) is 0 Å². The van der Waals surface area contributed by atoms with E-state index in [1.165, 1.54) is 0 Å². The van der Waals surface area contributed by atoms with E-state index in [1.54, 1.807) is 0 Å². The number of hydrogen-bond donors (Lipinski definition) is 3. The second-order valence-electron chi connectivity index (χ2n) is 3.41. The number of hydrogen-bond acceptors (Lipinski definition) is 3. The van der Waals surface area contributed by atoms with Gasteiger partial charge in [-0.15, -0.1) is 0 Å². The third-order valence-electron chi connectivity index (χ3n) is 2.81. The topological polar surface area (TPSA) is 69.6 Å². The van der Waals surface area contributed by atoms with Crippen molar-refractivity contribution < 1.29 is 15.0 Å². The Kier molecular flexibility index (Phi) is 1.25. The highest BCUT2D eigenvalue weighted by molar-refractivity contribution is 5.81. The first-order valence-electron chi connectivity index (χ1n) is 3.84. The van der Waals surface area contributed by atoms with E-state index in [-0.39, 0.29) is 6.04 Å². The van der Waals surface area contributed by atoms with Crippen molar-refractivity contribution in [1.82, 2.24) is 5.32 Å². The molecule has 2 bridgehead atoms. The van der Waals surface area contributed by atoms with Crippen molar-refractivity contribution in [3.05, 3.63) is 0 Å². The summed E-state index contributed by atoms with van der Waals surface area (Å²) in [5.74, 6) is -0.912. The van der Waals surface area contributed by atoms with Crippen molar-refractivity contribution in [3.63, 3.8) is 0 Å². The molecule has 0 saturated carbocycles. The van der Waals surface area contributed by atoms with Crippen LogP contribution in [0.1, 0.15) is 19.3 Å². The van der Waals surface area contributed by atoms with Crippen LogP contribution in [-0.4, -0.2) is 33.9 Å². The summed E-state index contributed by atoms with van der Waals surface area (Å²) < 4.78 is 0. The quantitative estimate of drug-likeness (QED) is 0.472. The Morgan fingerprint density at radius 2 is 2.36 bits per heavy atom. The third kappa shape index (κ3) is 0.736. The minimum Gasteiger partial charge on any atom is -0.480 e. The molecule has 0 aromatic carbocycles. The predicted molar refractivity (Wildman–Crippen MR) is 37.1 cm³/mol. The number of rotatable bonds is 1. The highest BCUT2D eigenvalue weighted by Gasteiger charge is 2.56. The number of carboxylic acid groups (broad SMARTS) is 1. The molecule has 0 aromatic heterocycles. The van der Waals surface area contributed by atoms with E-state index in [0.717, 1.165) is 6.42 Å². The van der Waals surface area contributed by atoms with Gasteiger partial charge in [0.05, 0.1) is 6.10 Å². The van der Waals surface area contributed by atoms with Crippen molar-refractivity contribution in [3.8, 4) is 0 Å². The molecule has 3 atom stereocenters. The molecule has 0 aliphatic carbocycles. The van der Waals surface area contributed by atoms with Crippen molar-refractivity contribution in [2.75, 3.05) is 0 Å². The number of aliphatic hydroxyl groups is 1. The number of aliphatic carboxylic acids is 1. The molecule has 0 aromatic rings. The first-order chi connectivity index (χ1) is 5.15. The zero-order valence-corrected chi connectivity index (χ0v) is 6.08. The highest BCUT2D eigenvalue weighted by Crippen LogP contribution is 2.37. The molecule has 4 nitrogen and oxygen atoms in total. The van der Waals surface area contributed by atoms with Crippen LogP contribution in [0.25, 0.3) is 0 Å². The van der Waals surface area contributed by atoms with E-state index < -0.39 is 17.6 Å². The summed E-state index contributed by atoms with van der Waals surface area (Å²) in [4.78, 5) is 10.8. The summed E-state index contributed by atoms with van der Waals surface area (Å²) in [6, 6.07) is 0.223. The molecular formula is C7H11NO3. The van der Waals surface area contributed by atoms with E-state index in [2.05, 4.69) is 5.32 Å². The molecule has 4 heteroatoms. The van der Waals surface area contributed by atoms with Gasteiger partial charge >= 0.3 is 5.97 Å². The number of carboxylic acids is 1. The second-order valence-corrected chi connectivity index (χ2v) is 3.41. The molecule has 2 aliphatic heterocycles. The number of carbonyl (C=O) groups is 1. The van der Waals surface area contributed by atoms with Gasteiger partial charge in [-0.05, 0) is 19.3 Å². The average Bonchev–Trinajstić information content (AvgIpc) is 2.43. The van der Waals surface area contributed by atoms with E-state index in [9.17, 15) is 9.90 Å². The summed E-state index contributed by atoms with van der Waals surface area (Å²) in [6.45, 7) is 0. The molecule has 0 amide bonds. The Morgan fingerprint density at radius 1 is 1.64 bits per heavy atom.